The highest BCUT2D eigenvalue weighted by molar-refractivity contribution is 5.94. The molecule has 4 aliphatic rings. The first-order valence-electron chi connectivity index (χ1n) is 9.82. The number of carbonyl (C=O) groups excluding carboxylic acids is 2. The van der Waals surface area contributed by atoms with Crippen LogP contribution in [0.2, 0.25) is 0 Å². The van der Waals surface area contributed by atoms with Crippen LogP contribution in [-0.2, 0) is 14.3 Å². The van der Waals surface area contributed by atoms with Crippen LogP contribution in [0.4, 0.5) is 0 Å². The van der Waals surface area contributed by atoms with E-state index in [2.05, 4.69) is 13.8 Å². The first-order chi connectivity index (χ1) is 11.4. The molecule has 0 aromatic heterocycles. The van der Waals surface area contributed by atoms with Crippen LogP contribution in [-0.4, -0.2) is 17.9 Å². The van der Waals surface area contributed by atoms with Gasteiger partial charge in [-0.15, -0.1) is 0 Å². The van der Waals surface area contributed by atoms with Crippen molar-refractivity contribution in [2.45, 2.75) is 78.2 Å². The molecule has 3 saturated carbocycles. The number of esters is 1. The van der Waals surface area contributed by atoms with Crippen LogP contribution in [0.25, 0.3) is 0 Å². The molecule has 0 unspecified atom stereocenters. The van der Waals surface area contributed by atoms with Gasteiger partial charge in [0.25, 0.3) is 0 Å². The fourth-order valence-corrected chi connectivity index (χ4v) is 6.80. The van der Waals surface area contributed by atoms with Gasteiger partial charge >= 0.3 is 5.97 Å². The Morgan fingerprint density at radius 1 is 1.21 bits per heavy atom. The molecular weight excluding hydrogens is 300 g/mol. The SMILES string of the molecule is CCC(=O)O[C@H]1CC[C@H]2[C@@H]3CCC4=CC(=O)C[C@]4(C)[C@H]3CC[C@]12C. The van der Waals surface area contributed by atoms with Gasteiger partial charge in [-0.25, -0.2) is 0 Å². The Hall–Kier alpha value is -1.12. The zero-order chi connectivity index (χ0) is 17.1. The van der Waals surface area contributed by atoms with Crippen molar-refractivity contribution >= 4 is 11.8 Å². The van der Waals surface area contributed by atoms with E-state index >= 15 is 0 Å². The number of ketones is 1. The van der Waals surface area contributed by atoms with Gasteiger partial charge in [0.2, 0.25) is 0 Å². The maximum absolute atomic E-state index is 12.1. The van der Waals surface area contributed by atoms with Crippen molar-refractivity contribution in [1.29, 1.82) is 0 Å². The highest BCUT2D eigenvalue weighted by Crippen LogP contribution is 2.65. The standard InChI is InChI=1S/C21H30O3/c1-4-19(23)24-18-8-7-16-15-6-5-13-11-14(22)12-21(13,3)17(15)9-10-20(16,18)2/h11,15-18H,4-10,12H2,1-3H3/t15-,16-,17-,18-,20-,21-/m0/s1. The normalized spacial score (nSPS) is 46.8. The summed E-state index contributed by atoms with van der Waals surface area (Å²) < 4.78 is 5.84. The molecule has 0 bridgehead atoms. The molecule has 0 aliphatic heterocycles. The summed E-state index contributed by atoms with van der Waals surface area (Å²) >= 11 is 0. The summed E-state index contributed by atoms with van der Waals surface area (Å²) in [5, 5.41) is 0. The smallest absolute Gasteiger partial charge is 0.305 e. The number of rotatable bonds is 2. The monoisotopic (exact) mass is 330 g/mol. The Bertz CT molecular complexity index is 606. The Morgan fingerprint density at radius 3 is 2.75 bits per heavy atom. The first kappa shape index (κ1) is 16.4. The van der Waals surface area contributed by atoms with Gasteiger partial charge in [-0.2, -0.15) is 0 Å². The molecule has 3 fully saturated rings. The first-order valence-corrected chi connectivity index (χ1v) is 9.82. The minimum atomic E-state index is -0.0498. The van der Waals surface area contributed by atoms with Crippen LogP contribution >= 0.6 is 0 Å². The predicted octanol–water partition coefficient (Wildman–Crippen LogP) is 4.45. The third kappa shape index (κ3) is 2.16. The lowest BCUT2D eigenvalue weighted by atomic mass is 9.49. The second-order valence-electron chi connectivity index (χ2n) is 9.10. The zero-order valence-corrected chi connectivity index (χ0v) is 15.3. The lowest BCUT2D eigenvalue weighted by Gasteiger charge is -2.55. The van der Waals surface area contributed by atoms with E-state index in [4.69, 9.17) is 4.74 Å². The summed E-state index contributed by atoms with van der Waals surface area (Å²) in [5.41, 5.74) is 1.68. The van der Waals surface area contributed by atoms with Gasteiger partial charge in [0.15, 0.2) is 5.78 Å². The van der Waals surface area contributed by atoms with E-state index in [1.807, 2.05) is 13.0 Å². The number of hydrogen-bond acceptors (Lipinski definition) is 3. The van der Waals surface area contributed by atoms with Crippen molar-refractivity contribution in [2.24, 2.45) is 28.6 Å². The third-order valence-corrected chi connectivity index (χ3v) is 8.09. The minimum absolute atomic E-state index is 0.0498. The Morgan fingerprint density at radius 2 is 2.00 bits per heavy atom. The molecule has 4 rings (SSSR count). The molecule has 0 spiro atoms. The summed E-state index contributed by atoms with van der Waals surface area (Å²) in [6.07, 6.45) is 10.1. The van der Waals surface area contributed by atoms with Gasteiger partial charge in [-0.3, -0.25) is 9.59 Å². The van der Waals surface area contributed by atoms with Gasteiger partial charge in [0.1, 0.15) is 6.10 Å². The van der Waals surface area contributed by atoms with Crippen molar-refractivity contribution in [3.63, 3.8) is 0 Å². The van der Waals surface area contributed by atoms with Crippen molar-refractivity contribution in [3.8, 4) is 0 Å². The second kappa shape index (κ2) is 5.44. The molecule has 4 aliphatic carbocycles. The summed E-state index contributed by atoms with van der Waals surface area (Å²) in [6.45, 7) is 6.58. The molecule has 24 heavy (non-hydrogen) atoms. The van der Waals surface area contributed by atoms with Crippen molar-refractivity contribution in [3.05, 3.63) is 11.6 Å². The summed E-state index contributed by atoms with van der Waals surface area (Å²) in [6, 6.07) is 0. The molecule has 3 heteroatoms. The fraction of sp³-hybridized carbons (Fsp3) is 0.810. The van der Waals surface area contributed by atoms with E-state index in [9.17, 15) is 9.59 Å². The van der Waals surface area contributed by atoms with E-state index < -0.39 is 0 Å². The summed E-state index contributed by atoms with van der Waals surface area (Å²) in [4.78, 5) is 23.9. The molecule has 0 saturated heterocycles. The van der Waals surface area contributed by atoms with Crippen molar-refractivity contribution in [2.75, 3.05) is 0 Å². The molecular formula is C21H30O3. The maximum Gasteiger partial charge on any atom is 0.305 e. The van der Waals surface area contributed by atoms with Crippen LogP contribution in [0.5, 0.6) is 0 Å². The van der Waals surface area contributed by atoms with Gasteiger partial charge in [-0.05, 0) is 67.8 Å². The Labute approximate surface area is 145 Å². The van der Waals surface area contributed by atoms with Crippen LogP contribution in [0.1, 0.15) is 72.1 Å². The Kier molecular flexibility index (Phi) is 3.71. The van der Waals surface area contributed by atoms with Gasteiger partial charge in [0.05, 0.1) is 0 Å². The summed E-state index contributed by atoms with van der Waals surface area (Å²) in [5.74, 6) is 2.28. The summed E-state index contributed by atoms with van der Waals surface area (Å²) in [7, 11) is 0. The number of hydrogen-bond donors (Lipinski definition) is 0. The number of fused-ring (bicyclic) bond motifs is 5. The fourth-order valence-electron chi connectivity index (χ4n) is 6.80. The van der Waals surface area contributed by atoms with E-state index in [-0.39, 0.29) is 22.9 Å². The predicted molar refractivity (Wildman–Crippen MR) is 92.3 cm³/mol. The van der Waals surface area contributed by atoms with Crippen LogP contribution in [0.3, 0.4) is 0 Å². The molecule has 6 atom stereocenters. The largest absolute Gasteiger partial charge is 0.462 e. The lowest BCUT2D eigenvalue weighted by molar-refractivity contribution is -0.159. The molecule has 0 amide bonds. The van der Waals surface area contributed by atoms with Crippen molar-refractivity contribution in [1.82, 2.24) is 0 Å². The average Bonchev–Trinajstić information content (AvgIpc) is 3.03. The zero-order valence-electron chi connectivity index (χ0n) is 15.3. The van der Waals surface area contributed by atoms with E-state index in [0.717, 1.165) is 25.7 Å². The van der Waals surface area contributed by atoms with E-state index in [1.165, 1.54) is 24.8 Å². The van der Waals surface area contributed by atoms with E-state index in [0.29, 0.717) is 30.0 Å². The van der Waals surface area contributed by atoms with Gasteiger partial charge in [-0.1, -0.05) is 26.3 Å². The Balaban J connectivity index is 1.59. The third-order valence-electron chi connectivity index (χ3n) is 8.09. The van der Waals surface area contributed by atoms with E-state index in [1.54, 1.807) is 0 Å². The molecule has 3 nitrogen and oxygen atoms in total. The molecule has 0 aromatic rings. The topological polar surface area (TPSA) is 43.4 Å². The lowest BCUT2D eigenvalue weighted by Crippen LogP contribution is -2.50. The quantitative estimate of drug-likeness (QED) is 0.703. The highest BCUT2D eigenvalue weighted by atomic mass is 16.5. The van der Waals surface area contributed by atoms with Crippen LogP contribution < -0.4 is 0 Å². The van der Waals surface area contributed by atoms with Crippen LogP contribution in [0.15, 0.2) is 11.6 Å². The van der Waals surface area contributed by atoms with Crippen molar-refractivity contribution < 1.29 is 14.3 Å². The molecule has 0 radical (unpaired) electrons. The molecule has 0 aromatic carbocycles. The number of ether oxygens (including phenoxy) is 1. The second-order valence-corrected chi connectivity index (χ2v) is 9.10. The van der Waals surface area contributed by atoms with Gasteiger partial charge < -0.3 is 4.74 Å². The number of allylic oxidation sites excluding steroid dienone is 2. The van der Waals surface area contributed by atoms with Crippen LogP contribution in [0, 0.1) is 28.6 Å². The number of carbonyl (C=O) groups is 2. The van der Waals surface area contributed by atoms with Gasteiger partial charge in [0, 0.05) is 18.3 Å². The maximum atomic E-state index is 12.1. The molecule has 0 N–H and O–H groups in total. The highest BCUT2D eigenvalue weighted by Gasteiger charge is 2.60. The molecule has 132 valence electrons. The minimum Gasteiger partial charge on any atom is -0.462 e. The average molecular weight is 330 g/mol. The molecule has 0 heterocycles.